The molecule has 0 aromatic heterocycles. The predicted octanol–water partition coefficient (Wildman–Crippen LogP) is 3.90. The van der Waals surface area contributed by atoms with Gasteiger partial charge in [-0.15, -0.1) is 0 Å². The maximum atomic E-state index is 13.4. The van der Waals surface area contributed by atoms with Crippen LogP contribution in [0, 0.1) is 10.1 Å². The lowest BCUT2D eigenvalue weighted by atomic mass is 10.2. The summed E-state index contributed by atoms with van der Waals surface area (Å²) in [6, 6.07) is 17.7. The number of nitrogens with zero attached hydrogens (tertiary/aromatic N) is 3. The SMILES string of the molecule is C=CCOc1ccc(/C=N\NC(=O)CN(c2ccccc2[N+](=O)[O-])S(=O)(=O)c2ccccc2)cc1OCC. The molecule has 0 atom stereocenters. The van der Waals surface area contributed by atoms with E-state index in [0.29, 0.717) is 34.6 Å². The third kappa shape index (κ3) is 6.95. The van der Waals surface area contributed by atoms with E-state index >= 15 is 0 Å². The molecule has 3 aromatic carbocycles. The summed E-state index contributed by atoms with van der Waals surface area (Å²) < 4.78 is 38.6. The summed E-state index contributed by atoms with van der Waals surface area (Å²) in [5.74, 6) is 0.176. The van der Waals surface area contributed by atoms with Gasteiger partial charge in [-0.05, 0) is 48.9 Å². The van der Waals surface area contributed by atoms with Gasteiger partial charge in [0.15, 0.2) is 11.5 Å². The van der Waals surface area contributed by atoms with Crippen molar-refractivity contribution in [2.75, 3.05) is 24.1 Å². The monoisotopic (exact) mass is 538 g/mol. The quantitative estimate of drug-likeness (QED) is 0.151. The topological polar surface area (TPSA) is 140 Å². The van der Waals surface area contributed by atoms with E-state index in [1.54, 1.807) is 30.3 Å². The van der Waals surface area contributed by atoms with Gasteiger partial charge in [-0.2, -0.15) is 5.10 Å². The summed E-state index contributed by atoms with van der Waals surface area (Å²) >= 11 is 0. The van der Waals surface area contributed by atoms with Crippen molar-refractivity contribution in [1.29, 1.82) is 0 Å². The van der Waals surface area contributed by atoms with Crippen molar-refractivity contribution in [2.45, 2.75) is 11.8 Å². The lowest BCUT2D eigenvalue weighted by Gasteiger charge is -2.23. The molecule has 3 aromatic rings. The molecule has 0 aliphatic heterocycles. The second kappa shape index (κ2) is 13.0. The Bertz CT molecular complexity index is 1430. The number of amides is 1. The van der Waals surface area contributed by atoms with E-state index in [2.05, 4.69) is 17.1 Å². The van der Waals surface area contributed by atoms with E-state index in [1.807, 2.05) is 6.92 Å². The van der Waals surface area contributed by atoms with Gasteiger partial charge in [-0.3, -0.25) is 14.9 Å². The van der Waals surface area contributed by atoms with Crippen LogP contribution in [0.1, 0.15) is 12.5 Å². The molecule has 0 aliphatic rings. The Morgan fingerprint density at radius 3 is 2.47 bits per heavy atom. The van der Waals surface area contributed by atoms with Gasteiger partial charge in [-0.1, -0.05) is 43.0 Å². The summed E-state index contributed by atoms with van der Waals surface area (Å²) in [5, 5.41) is 15.5. The number of anilines is 1. The number of ether oxygens (including phenoxy) is 2. The standard InChI is InChI=1S/C26H26N4O7S/c1-3-16-37-24-15-14-20(17-25(24)36-4-2)18-27-28-26(31)19-29(22-12-8-9-13-23(22)30(32)33)38(34,35)21-10-6-5-7-11-21/h3,5-15,17-18H,1,4,16,19H2,2H3,(H,28,31)/b27-18-. The molecule has 0 saturated heterocycles. The molecule has 0 aliphatic carbocycles. The Balaban J connectivity index is 1.84. The summed E-state index contributed by atoms with van der Waals surface area (Å²) in [4.78, 5) is 23.5. The van der Waals surface area contributed by atoms with Crippen LogP contribution in [0.15, 0.2) is 95.4 Å². The van der Waals surface area contributed by atoms with Crippen LogP contribution in [-0.2, 0) is 14.8 Å². The summed E-state index contributed by atoms with van der Waals surface area (Å²) in [6.07, 6.45) is 2.95. The Morgan fingerprint density at radius 1 is 1.08 bits per heavy atom. The third-order valence-corrected chi connectivity index (χ3v) is 6.77. The van der Waals surface area contributed by atoms with Gasteiger partial charge in [0.05, 0.1) is 22.6 Å². The van der Waals surface area contributed by atoms with Crippen LogP contribution >= 0.6 is 0 Å². The van der Waals surface area contributed by atoms with E-state index in [4.69, 9.17) is 9.47 Å². The van der Waals surface area contributed by atoms with Crippen LogP contribution in [0.2, 0.25) is 0 Å². The highest BCUT2D eigenvalue weighted by molar-refractivity contribution is 7.92. The molecule has 38 heavy (non-hydrogen) atoms. The molecule has 1 N–H and O–H groups in total. The lowest BCUT2D eigenvalue weighted by molar-refractivity contribution is -0.384. The number of carbonyl (C=O) groups is 1. The molecular weight excluding hydrogens is 512 g/mol. The van der Waals surface area contributed by atoms with Gasteiger partial charge < -0.3 is 9.47 Å². The normalized spacial score (nSPS) is 11.1. The zero-order chi connectivity index (χ0) is 27.5. The minimum absolute atomic E-state index is 0.128. The second-order valence-corrected chi connectivity index (χ2v) is 9.46. The maximum Gasteiger partial charge on any atom is 0.293 e. The van der Waals surface area contributed by atoms with Gasteiger partial charge in [0.25, 0.3) is 21.6 Å². The Kier molecular flexibility index (Phi) is 9.54. The minimum Gasteiger partial charge on any atom is -0.490 e. The number of nitro groups is 1. The fourth-order valence-corrected chi connectivity index (χ4v) is 4.79. The predicted molar refractivity (Wildman–Crippen MR) is 143 cm³/mol. The lowest BCUT2D eigenvalue weighted by Crippen LogP contribution is -2.39. The Hall–Kier alpha value is -4.71. The summed E-state index contributed by atoms with van der Waals surface area (Å²) in [6.45, 7) is 5.38. The van der Waals surface area contributed by atoms with E-state index in [-0.39, 0.29) is 10.6 Å². The van der Waals surface area contributed by atoms with E-state index in [1.165, 1.54) is 48.7 Å². The van der Waals surface area contributed by atoms with Gasteiger partial charge in [-0.25, -0.2) is 18.1 Å². The van der Waals surface area contributed by atoms with E-state index < -0.39 is 33.1 Å². The Labute approximate surface area is 220 Å². The van der Waals surface area contributed by atoms with Crippen molar-refractivity contribution < 1.29 is 27.6 Å². The fraction of sp³-hybridized carbons (Fsp3) is 0.154. The minimum atomic E-state index is -4.33. The zero-order valence-electron chi connectivity index (χ0n) is 20.5. The van der Waals surface area contributed by atoms with Gasteiger partial charge in [0, 0.05) is 6.07 Å². The molecule has 0 saturated carbocycles. The van der Waals surface area contributed by atoms with Crippen LogP contribution in [0.5, 0.6) is 11.5 Å². The molecule has 198 valence electrons. The first-order chi connectivity index (χ1) is 18.3. The van der Waals surface area contributed by atoms with Crippen LogP contribution in [0.4, 0.5) is 11.4 Å². The maximum absolute atomic E-state index is 13.4. The molecule has 11 nitrogen and oxygen atoms in total. The van der Waals surface area contributed by atoms with Crippen LogP contribution in [0.3, 0.4) is 0 Å². The van der Waals surface area contributed by atoms with Crippen molar-refractivity contribution in [3.8, 4) is 11.5 Å². The summed E-state index contributed by atoms with van der Waals surface area (Å²) in [7, 11) is -4.33. The molecule has 0 fully saturated rings. The molecule has 12 heteroatoms. The fourth-order valence-electron chi connectivity index (χ4n) is 3.33. The molecule has 3 rings (SSSR count). The van der Waals surface area contributed by atoms with Crippen LogP contribution in [0.25, 0.3) is 0 Å². The highest BCUT2D eigenvalue weighted by Crippen LogP contribution is 2.32. The smallest absolute Gasteiger partial charge is 0.293 e. The average Bonchev–Trinajstić information content (AvgIpc) is 2.92. The number of nitro benzene ring substituents is 1. The first-order valence-corrected chi connectivity index (χ1v) is 12.9. The zero-order valence-corrected chi connectivity index (χ0v) is 21.3. The van der Waals surface area contributed by atoms with E-state index in [9.17, 15) is 23.3 Å². The first kappa shape index (κ1) is 27.9. The van der Waals surface area contributed by atoms with Gasteiger partial charge >= 0.3 is 0 Å². The molecule has 0 radical (unpaired) electrons. The molecular formula is C26H26N4O7S. The number of para-hydroxylation sites is 2. The number of sulfonamides is 1. The Morgan fingerprint density at radius 2 is 1.79 bits per heavy atom. The van der Waals surface area contributed by atoms with Gasteiger partial charge in [0.1, 0.15) is 18.8 Å². The van der Waals surface area contributed by atoms with Crippen molar-refractivity contribution in [1.82, 2.24) is 5.43 Å². The number of carbonyl (C=O) groups excluding carboxylic acids is 1. The largest absolute Gasteiger partial charge is 0.490 e. The highest BCUT2D eigenvalue weighted by Gasteiger charge is 2.31. The molecule has 0 unspecified atom stereocenters. The number of benzene rings is 3. The molecule has 0 spiro atoms. The van der Waals surface area contributed by atoms with E-state index in [0.717, 1.165) is 6.07 Å². The number of rotatable bonds is 13. The molecule has 1 amide bonds. The summed E-state index contributed by atoms with van der Waals surface area (Å²) in [5.41, 5.74) is 2.13. The number of hydrogen-bond donors (Lipinski definition) is 1. The first-order valence-electron chi connectivity index (χ1n) is 11.4. The van der Waals surface area contributed by atoms with Crippen molar-refractivity contribution in [2.24, 2.45) is 5.10 Å². The number of hydrogen-bond acceptors (Lipinski definition) is 8. The molecule has 0 bridgehead atoms. The van der Waals surface area contributed by atoms with Gasteiger partial charge in [0.2, 0.25) is 0 Å². The third-order valence-electron chi connectivity index (χ3n) is 4.99. The number of nitrogens with one attached hydrogen (secondary N) is 1. The molecule has 0 heterocycles. The van der Waals surface area contributed by atoms with Crippen molar-refractivity contribution in [3.05, 3.63) is 101 Å². The van der Waals surface area contributed by atoms with Crippen molar-refractivity contribution in [3.63, 3.8) is 0 Å². The van der Waals surface area contributed by atoms with Crippen LogP contribution in [-0.4, -0.2) is 45.2 Å². The second-order valence-electron chi connectivity index (χ2n) is 7.60. The van der Waals surface area contributed by atoms with Crippen molar-refractivity contribution >= 4 is 33.5 Å². The average molecular weight is 539 g/mol. The van der Waals surface area contributed by atoms with Crippen LogP contribution < -0.4 is 19.2 Å². The highest BCUT2D eigenvalue weighted by atomic mass is 32.2. The number of hydrazone groups is 1.